The quantitative estimate of drug-likeness (QED) is 0.836. The number of anilines is 1. The molecular weight excluding hydrogens is 368 g/mol. The fourth-order valence-electron chi connectivity index (χ4n) is 2.35. The highest BCUT2D eigenvalue weighted by Crippen LogP contribution is 2.27. The first-order chi connectivity index (χ1) is 9.85. The van der Waals surface area contributed by atoms with Gasteiger partial charge >= 0.3 is 10.2 Å². The van der Waals surface area contributed by atoms with E-state index in [1.165, 1.54) is 4.31 Å². The lowest BCUT2D eigenvalue weighted by Crippen LogP contribution is -2.49. The number of nitrogens with one attached hydrogen (secondary N) is 1. The van der Waals surface area contributed by atoms with Crippen molar-refractivity contribution in [1.29, 1.82) is 0 Å². The molecule has 1 aliphatic rings. The molecule has 0 radical (unpaired) electrons. The fourth-order valence-corrected chi connectivity index (χ4v) is 4.28. The van der Waals surface area contributed by atoms with Gasteiger partial charge in [-0.25, -0.2) is 8.78 Å². The molecule has 0 amide bonds. The molecule has 3 N–H and O–H groups in total. The second kappa shape index (κ2) is 6.55. The number of nitrogens with zero attached hydrogens (tertiary/aromatic N) is 1. The summed E-state index contributed by atoms with van der Waals surface area (Å²) in [7, 11) is -4.05. The molecule has 1 aromatic rings. The van der Waals surface area contributed by atoms with Gasteiger partial charge in [-0.15, -0.1) is 0 Å². The topological polar surface area (TPSA) is 75.4 Å². The van der Waals surface area contributed by atoms with E-state index >= 15 is 0 Å². The molecule has 118 valence electrons. The van der Waals surface area contributed by atoms with Crippen molar-refractivity contribution >= 4 is 31.8 Å². The van der Waals surface area contributed by atoms with Crippen molar-refractivity contribution in [2.45, 2.75) is 25.3 Å². The zero-order chi connectivity index (χ0) is 15.6. The highest BCUT2D eigenvalue weighted by atomic mass is 79.9. The van der Waals surface area contributed by atoms with Crippen LogP contribution in [-0.2, 0) is 10.2 Å². The van der Waals surface area contributed by atoms with E-state index in [2.05, 4.69) is 15.9 Å². The molecule has 0 saturated carbocycles. The van der Waals surface area contributed by atoms with Crippen LogP contribution in [0.2, 0.25) is 0 Å². The minimum absolute atomic E-state index is 0.173. The van der Waals surface area contributed by atoms with Gasteiger partial charge in [-0.05, 0) is 25.0 Å². The van der Waals surface area contributed by atoms with Crippen molar-refractivity contribution in [2.24, 2.45) is 5.73 Å². The van der Waals surface area contributed by atoms with E-state index in [9.17, 15) is 17.2 Å². The minimum Gasteiger partial charge on any atom is -0.329 e. The van der Waals surface area contributed by atoms with Crippen molar-refractivity contribution in [1.82, 2.24) is 4.31 Å². The number of rotatable bonds is 4. The van der Waals surface area contributed by atoms with Crippen molar-refractivity contribution in [3.63, 3.8) is 0 Å². The van der Waals surface area contributed by atoms with E-state index in [-0.39, 0.29) is 23.6 Å². The molecule has 1 aromatic carbocycles. The Kier molecular flexibility index (Phi) is 5.18. The molecule has 1 fully saturated rings. The Morgan fingerprint density at radius 2 is 1.95 bits per heavy atom. The largest absolute Gasteiger partial charge is 0.329 e. The normalized spacial score (nSPS) is 20.5. The van der Waals surface area contributed by atoms with Gasteiger partial charge in [0, 0.05) is 23.6 Å². The number of hydrogen-bond donors (Lipinski definition) is 2. The Morgan fingerprint density at radius 1 is 1.33 bits per heavy atom. The molecule has 0 aromatic heterocycles. The van der Waals surface area contributed by atoms with Crippen LogP contribution in [0, 0.1) is 11.6 Å². The van der Waals surface area contributed by atoms with Gasteiger partial charge in [0.25, 0.3) is 0 Å². The van der Waals surface area contributed by atoms with Crippen LogP contribution in [0.3, 0.4) is 0 Å². The third-order valence-corrected chi connectivity index (χ3v) is 5.41. The zero-order valence-electron chi connectivity index (χ0n) is 11.2. The molecule has 0 spiro atoms. The maximum absolute atomic E-state index is 13.7. The van der Waals surface area contributed by atoms with E-state index in [0.29, 0.717) is 12.8 Å². The van der Waals surface area contributed by atoms with Gasteiger partial charge in [-0.3, -0.25) is 4.72 Å². The van der Waals surface area contributed by atoms with E-state index in [1.807, 2.05) is 4.72 Å². The van der Waals surface area contributed by atoms with Crippen molar-refractivity contribution in [3.8, 4) is 0 Å². The monoisotopic (exact) mass is 383 g/mol. The molecule has 1 unspecified atom stereocenters. The van der Waals surface area contributed by atoms with Crippen LogP contribution in [0.1, 0.15) is 19.3 Å². The van der Waals surface area contributed by atoms with E-state index < -0.39 is 27.5 Å². The van der Waals surface area contributed by atoms with Gasteiger partial charge in [-0.2, -0.15) is 12.7 Å². The molecule has 1 aliphatic heterocycles. The number of hydrogen-bond acceptors (Lipinski definition) is 3. The smallest absolute Gasteiger partial charge is 0.302 e. The van der Waals surface area contributed by atoms with Crippen LogP contribution >= 0.6 is 15.9 Å². The number of halogens is 3. The third-order valence-electron chi connectivity index (χ3n) is 3.39. The van der Waals surface area contributed by atoms with Gasteiger partial charge in [0.1, 0.15) is 5.69 Å². The maximum Gasteiger partial charge on any atom is 0.302 e. The fraction of sp³-hybridized carbons (Fsp3) is 0.500. The second-order valence-corrected chi connectivity index (χ2v) is 7.39. The summed E-state index contributed by atoms with van der Waals surface area (Å²) in [6.45, 7) is 0.461. The molecular formula is C12H16BrF2N3O2S. The Labute approximate surface area is 130 Å². The summed E-state index contributed by atoms with van der Waals surface area (Å²) >= 11 is 2.94. The molecule has 21 heavy (non-hydrogen) atoms. The highest BCUT2D eigenvalue weighted by molar-refractivity contribution is 9.10. The molecule has 0 aliphatic carbocycles. The Hall–Kier alpha value is -0.770. The summed E-state index contributed by atoms with van der Waals surface area (Å²) in [5, 5.41) is 0. The summed E-state index contributed by atoms with van der Waals surface area (Å²) < 4.78 is 55.5. The van der Waals surface area contributed by atoms with Crippen LogP contribution in [0.4, 0.5) is 14.5 Å². The summed E-state index contributed by atoms with van der Waals surface area (Å²) in [6, 6.07) is 1.65. The number of piperidine rings is 1. The lowest BCUT2D eigenvalue weighted by molar-refractivity contribution is 0.259. The maximum atomic E-state index is 13.7. The molecule has 1 heterocycles. The van der Waals surface area contributed by atoms with Crippen molar-refractivity contribution in [2.75, 3.05) is 17.8 Å². The summed E-state index contributed by atoms with van der Waals surface area (Å²) in [5.74, 6) is -1.96. The van der Waals surface area contributed by atoms with Gasteiger partial charge in [0.15, 0.2) is 11.6 Å². The van der Waals surface area contributed by atoms with E-state index in [1.54, 1.807) is 0 Å². The Balaban J connectivity index is 2.29. The average molecular weight is 384 g/mol. The lowest BCUT2D eigenvalue weighted by Gasteiger charge is -2.33. The van der Waals surface area contributed by atoms with Crippen molar-refractivity contribution < 1.29 is 17.2 Å². The predicted octanol–water partition coefficient (Wildman–Crippen LogP) is 2.20. The van der Waals surface area contributed by atoms with E-state index in [0.717, 1.165) is 18.6 Å². The lowest BCUT2D eigenvalue weighted by atomic mass is 10.1. The molecule has 0 bridgehead atoms. The van der Waals surface area contributed by atoms with Crippen LogP contribution in [-0.4, -0.2) is 31.9 Å². The number of benzene rings is 1. The highest BCUT2D eigenvalue weighted by Gasteiger charge is 2.32. The number of nitrogens with two attached hydrogens (primary N) is 1. The SMILES string of the molecule is NCC1CCCCN1S(=O)(=O)Nc1c(F)cc(Br)cc1F. The van der Waals surface area contributed by atoms with Gasteiger partial charge in [-0.1, -0.05) is 22.4 Å². The van der Waals surface area contributed by atoms with Gasteiger partial charge in [0.05, 0.1) is 0 Å². The van der Waals surface area contributed by atoms with Crippen LogP contribution in [0.15, 0.2) is 16.6 Å². The molecule has 9 heteroatoms. The summed E-state index contributed by atoms with van der Waals surface area (Å²) in [4.78, 5) is 0. The van der Waals surface area contributed by atoms with Crippen LogP contribution < -0.4 is 10.5 Å². The Morgan fingerprint density at radius 3 is 2.52 bits per heavy atom. The third kappa shape index (κ3) is 3.71. The van der Waals surface area contributed by atoms with Crippen LogP contribution in [0.25, 0.3) is 0 Å². The van der Waals surface area contributed by atoms with E-state index in [4.69, 9.17) is 5.73 Å². The first-order valence-corrected chi connectivity index (χ1v) is 8.72. The van der Waals surface area contributed by atoms with Gasteiger partial charge in [0.2, 0.25) is 0 Å². The molecule has 5 nitrogen and oxygen atoms in total. The average Bonchev–Trinajstić information content (AvgIpc) is 2.43. The summed E-state index contributed by atoms with van der Waals surface area (Å²) in [6.07, 6.45) is 2.22. The Bertz CT molecular complexity index is 604. The first-order valence-electron chi connectivity index (χ1n) is 6.49. The predicted molar refractivity (Wildman–Crippen MR) is 80.0 cm³/mol. The molecule has 1 saturated heterocycles. The molecule has 1 atom stereocenters. The second-order valence-electron chi connectivity index (χ2n) is 4.85. The first kappa shape index (κ1) is 16.6. The van der Waals surface area contributed by atoms with Crippen LogP contribution in [0.5, 0.6) is 0 Å². The summed E-state index contributed by atoms with van der Waals surface area (Å²) in [5.41, 5.74) is 4.89. The molecule has 2 rings (SSSR count). The zero-order valence-corrected chi connectivity index (χ0v) is 13.6. The minimum atomic E-state index is -4.05. The van der Waals surface area contributed by atoms with Gasteiger partial charge < -0.3 is 5.73 Å². The standard InChI is InChI=1S/C12H16BrF2N3O2S/c13-8-5-10(14)12(11(15)6-8)17-21(19,20)18-4-2-1-3-9(18)7-16/h5-6,9,17H,1-4,7,16H2. The van der Waals surface area contributed by atoms with Crippen molar-refractivity contribution in [3.05, 3.63) is 28.2 Å².